The molecule has 1 heterocycles. The van der Waals surface area contributed by atoms with E-state index >= 15 is 0 Å². The van der Waals surface area contributed by atoms with Crippen molar-refractivity contribution >= 4 is 39.9 Å². The normalized spacial score (nSPS) is 12.0. The number of hydrogen-bond donors (Lipinski definition) is 0. The quantitative estimate of drug-likeness (QED) is 0.180. The van der Waals surface area contributed by atoms with E-state index < -0.39 is 0 Å². The number of furan rings is 1. The van der Waals surface area contributed by atoms with Crippen LogP contribution in [0.2, 0.25) is 0 Å². The Morgan fingerprint density at radius 3 is 1.79 bits per heavy atom. The van der Waals surface area contributed by atoms with Gasteiger partial charge in [0.15, 0.2) is 0 Å². The summed E-state index contributed by atoms with van der Waals surface area (Å²) in [4.78, 5) is 0. The van der Waals surface area contributed by atoms with E-state index in [0.29, 0.717) is 0 Å². The van der Waals surface area contributed by atoms with Gasteiger partial charge in [-0.3, -0.25) is 0 Å². The van der Waals surface area contributed by atoms with Gasteiger partial charge in [0.05, 0.1) is 0 Å². The summed E-state index contributed by atoms with van der Waals surface area (Å²) in [6.45, 7) is 4.55. The van der Waals surface area contributed by atoms with Crippen molar-refractivity contribution in [1.82, 2.24) is 0 Å². The van der Waals surface area contributed by atoms with Crippen LogP contribution in [-0.2, 0) is 6.32 Å². The molecular formula is C41H31BO. The van der Waals surface area contributed by atoms with Crippen LogP contribution in [-0.4, -0.2) is 12.4 Å². The zero-order chi connectivity index (χ0) is 29.0. The van der Waals surface area contributed by atoms with E-state index in [4.69, 9.17) is 4.42 Å². The van der Waals surface area contributed by atoms with Gasteiger partial charge in [0, 0.05) is 0 Å². The first-order valence-electron chi connectivity index (χ1n) is 14.8. The van der Waals surface area contributed by atoms with Gasteiger partial charge in [-0.05, 0) is 0 Å². The van der Waals surface area contributed by atoms with Crippen molar-refractivity contribution < 1.29 is 4.42 Å². The second-order valence-electron chi connectivity index (χ2n) is 11.0. The van der Waals surface area contributed by atoms with Crippen molar-refractivity contribution in [3.8, 4) is 22.3 Å². The van der Waals surface area contributed by atoms with Gasteiger partial charge >= 0.3 is 254 Å². The van der Waals surface area contributed by atoms with Crippen LogP contribution < -0.4 is 0 Å². The SMILES string of the molecule is C/C(=C\C(=BCc1ccccc1)c1ccc2c(c1)oc1ccccc12)c1cc(-c2ccccc2)cc(-c2ccccc2)c1. The van der Waals surface area contributed by atoms with E-state index in [2.05, 4.69) is 159 Å². The van der Waals surface area contributed by atoms with E-state index in [1.54, 1.807) is 0 Å². The minimum atomic E-state index is 0.845. The predicted molar refractivity (Wildman–Crippen MR) is 185 cm³/mol. The van der Waals surface area contributed by atoms with Crippen LogP contribution in [0.1, 0.15) is 23.6 Å². The maximum absolute atomic E-state index is 6.28. The zero-order valence-corrected chi connectivity index (χ0v) is 24.2. The molecule has 0 saturated carbocycles. The summed E-state index contributed by atoms with van der Waals surface area (Å²) in [5, 5.41) is 2.29. The number of rotatable bonds is 7. The predicted octanol–water partition coefficient (Wildman–Crippen LogP) is 10.4. The molecule has 0 amide bonds. The molecule has 1 aromatic heterocycles. The van der Waals surface area contributed by atoms with Crippen LogP contribution in [0.15, 0.2) is 162 Å². The molecule has 0 radical (unpaired) electrons. The summed E-state index contributed by atoms with van der Waals surface area (Å²) >= 11 is 0. The van der Waals surface area contributed by atoms with Gasteiger partial charge in [-0.25, -0.2) is 0 Å². The first kappa shape index (κ1) is 26.7. The Kier molecular flexibility index (Phi) is 7.42. The average molecular weight is 551 g/mol. The van der Waals surface area contributed by atoms with Crippen molar-refractivity contribution in [2.24, 2.45) is 0 Å². The van der Waals surface area contributed by atoms with Crippen LogP contribution in [0.5, 0.6) is 0 Å². The number of allylic oxidation sites excluding steroid dienone is 2. The molecule has 7 aromatic rings. The van der Waals surface area contributed by atoms with E-state index in [1.807, 2.05) is 12.1 Å². The fraction of sp³-hybridized carbons (Fsp3) is 0.0488. The summed E-state index contributed by atoms with van der Waals surface area (Å²) in [6.07, 6.45) is 3.17. The van der Waals surface area contributed by atoms with Crippen molar-refractivity contribution in [2.45, 2.75) is 13.2 Å². The van der Waals surface area contributed by atoms with Gasteiger partial charge < -0.3 is 0 Å². The van der Waals surface area contributed by atoms with Crippen molar-refractivity contribution in [3.63, 3.8) is 0 Å². The van der Waals surface area contributed by atoms with Gasteiger partial charge in [0.2, 0.25) is 0 Å². The molecule has 43 heavy (non-hydrogen) atoms. The molecule has 1 nitrogen and oxygen atoms in total. The molecule has 204 valence electrons. The van der Waals surface area contributed by atoms with E-state index in [-0.39, 0.29) is 0 Å². The fourth-order valence-corrected chi connectivity index (χ4v) is 5.77. The minimum absolute atomic E-state index is 0.845. The first-order valence-corrected chi connectivity index (χ1v) is 14.8. The van der Waals surface area contributed by atoms with Crippen LogP contribution >= 0.6 is 0 Å². The standard InChI is InChI=1S/C41H31BO/c1-29(34-24-35(31-15-7-3-8-16-31)26-36(25-34)32-17-9-4-10-18-32)23-39(42-28-30-13-5-2-6-14-30)33-21-22-38-37-19-11-12-20-40(37)43-41(38)27-33/h2-27H,28H2,1H3/b29-23+. The summed E-state index contributed by atoms with van der Waals surface area (Å²) < 4.78 is 6.28. The van der Waals surface area contributed by atoms with Crippen molar-refractivity contribution in [3.05, 3.63) is 174 Å². The molecule has 0 fully saturated rings. The van der Waals surface area contributed by atoms with E-state index in [1.165, 1.54) is 44.4 Å². The molecule has 7 rings (SSSR count). The van der Waals surface area contributed by atoms with Crippen LogP contribution in [0.4, 0.5) is 0 Å². The molecule has 0 aliphatic carbocycles. The fourth-order valence-electron chi connectivity index (χ4n) is 5.77. The van der Waals surface area contributed by atoms with E-state index in [9.17, 15) is 0 Å². The monoisotopic (exact) mass is 550 g/mol. The first-order chi connectivity index (χ1) is 21.2. The molecular weight excluding hydrogens is 519 g/mol. The second-order valence-corrected chi connectivity index (χ2v) is 11.0. The van der Waals surface area contributed by atoms with Gasteiger partial charge in [-0.15, -0.1) is 0 Å². The molecule has 0 saturated heterocycles. The van der Waals surface area contributed by atoms with Gasteiger partial charge in [0.1, 0.15) is 0 Å². The van der Waals surface area contributed by atoms with Crippen LogP contribution in [0, 0.1) is 0 Å². The molecule has 0 bridgehead atoms. The molecule has 0 spiro atoms. The van der Waals surface area contributed by atoms with Crippen molar-refractivity contribution in [2.75, 3.05) is 0 Å². The van der Waals surface area contributed by atoms with Gasteiger partial charge in [-0.1, -0.05) is 0 Å². The summed E-state index contributed by atoms with van der Waals surface area (Å²) in [6, 6.07) is 53.7. The summed E-state index contributed by atoms with van der Waals surface area (Å²) in [5.41, 5.74) is 12.7. The maximum atomic E-state index is 6.28. The van der Waals surface area contributed by atoms with Crippen molar-refractivity contribution in [1.29, 1.82) is 0 Å². The molecule has 6 aromatic carbocycles. The number of para-hydroxylation sites is 1. The number of hydrogen-bond acceptors (Lipinski definition) is 1. The molecule has 0 aliphatic heterocycles. The second kappa shape index (κ2) is 12.0. The molecule has 0 atom stereocenters. The Bertz CT molecular complexity index is 2030. The Morgan fingerprint density at radius 2 is 1.12 bits per heavy atom. The van der Waals surface area contributed by atoms with Crippen LogP contribution in [0.25, 0.3) is 49.8 Å². The Morgan fingerprint density at radius 1 is 0.535 bits per heavy atom. The van der Waals surface area contributed by atoms with Crippen LogP contribution in [0.3, 0.4) is 0 Å². The third-order valence-corrected chi connectivity index (χ3v) is 8.09. The summed E-state index contributed by atoms with van der Waals surface area (Å²) in [7, 11) is 0. The third-order valence-electron chi connectivity index (χ3n) is 8.09. The summed E-state index contributed by atoms with van der Waals surface area (Å²) in [5.74, 6) is 0. The van der Waals surface area contributed by atoms with Gasteiger partial charge in [-0.2, -0.15) is 0 Å². The number of benzene rings is 6. The number of fused-ring (bicyclic) bond motifs is 3. The topological polar surface area (TPSA) is 13.1 Å². The molecule has 0 aliphatic rings. The molecule has 0 unspecified atom stereocenters. The Hall–Kier alpha value is -5.21. The molecule has 0 N–H and O–H groups in total. The van der Waals surface area contributed by atoms with Gasteiger partial charge in [0.25, 0.3) is 0 Å². The van der Waals surface area contributed by atoms with E-state index in [0.717, 1.165) is 33.8 Å². The third kappa shape index (κ3) is 5.78. The Labute approximate surface area is 253 Å². The average Bonchev–Trinajstić information content (AvgIpc) is 3.45. The Balaban J connectivity index is 1.35. The zero-order valence-electron chi connectivity index (χ0n) is 24.2. The molecule has 2 heteroatoms.